The fourth-order valence-electron chi connectivity index (χ4n) is 2.54. The van der Waals surface area contributed by atoms with Gasteiger partial charge in [0.25, 0.3) is 0 Å². The number of hydrogen-bond acceptors (Lipinski definition) is 3. The summed E-state index contributed by atoms with van der Waals surface area (Å²) in [5.74, 6) is -0.212. The van der Waals surface area contributed by atoms with Crippen LogP contribution >= 0.6 is 0 Å². The van der Waals surface area contributed by atoms with Crippen LogP contribution in [0.2, 0.25) is 0 Å². The van der Waals surface area contributed by atoms with E-state index in [2.05, 4.69) is 4.72 Å². The molecule has 0 saturated carbocycles. The van der Waals surface area contributed by atoms with E-state index in [1.165, 1.54) is 12.1 Å². The zero-order valence-corrected chi connectivity index (χ0v) is 13.4. The van der Waals surface area contributed by atoms with E-state index in [1.807, 2.05) is 6.92 Å². The molecule has 0 spiro atoms. The molecule has 1 N–H and O–H groups in total. The predicted molar refractivity (Wildman–Crippen MR) is 82.0 cm³/mol. The fraction of sp³-hybridized carbons (Fsp3) is 0.533. The van der Waals surface area contributed by atoms with Gasteiger partial charge < -0.3 is 4.90 Å². The summed E-state index contributed by atoms with van der Waals surface area (Å²) in [5.41, 5.74) is 0.863. The van der Waals surface area contributed by atoms with Crippen molar-refractivity contribution in [3.05, 3.63) is 35.6 Å². The van der Waals surface area contributed by atoms with E-state index in [9.17, 15) is 17.6 Å². The summed E-state index contributed by atoms with van der Waals surface area (Å²) < 4.78 is 38.7. The van der Waals surface area contributed by atoms with E-state index in [0.29, 0.717) is 25.9 Å². The van der Waals surface area contributed by atoms with Gasteiger partial charge in [-0.25, -0.2) is 17.5 Å². The summed E-state index contributed by atoms with van der Waals surface area (Å²) in [6.45, 7) is 3.04. The smallest absolute Gasteiger partial charge is 0.223 e. The Bertz CT molecular complexity index is 616. The first kappa shape index (κ1) is 16.9. The average molecular weight is 328 g/mol. The molecule has 0 radical (unpaired) electrons. The molecular weight excluding hydrogens is 307 g/mol. The molecule has 5 nitrogen and oxygen atoms in total. The molecule has 1 amide bonds. The summed E-state index contributed by atoms with van der Waals surface area (Å²) >= 11 is 0. The number of benzene rings is 1. The van der Waals surface area contributed by atoms with Gasteiger partial charge in [-0.3, -0.25) is 4.79 Å². The highest BCUT2D eigenvalue weighted by molar-refractivity contribution is 7.89. The van der Waals surface area contributed by atoms with Crippen LogP contribution in [0.15, 0.2) is 24.3 Å². The van der Waals surface area contributed by atoms with Crippen LogP contribution in [0.25, 0.3) is 0 Å². The van der Waals surface area contributed by atoms with Crippen LogP contribution in [0.3, 0.4) is 0 Å². The molecular formula is C15H21FN2O3S. The summed E-state index contributed by atoms with van der Waals surface area (Å²) in [4.78, 5) is 13.7. The third-order valence-corrected chi connectivity index (χ3v) is 5.20. The van der Waals surface area contributed by atoms with E-state index in [1.54, 1.807) is 17.0 Å². The number of carbonyl (C=O) groups excluding carboxylic acids is 1. The Kier molecular flexibility index (Phi) is 5.52. The lowest BCUT2D eigenvalue weighted by molar-refractivity contribution is -0.128. The lowest BCUT2D eigenvalue weighted by Gasteiger charge is -2.17. The maximum Gasteiger partial charge on any atom is 0.223 e. The van der Waals surface area contributed by atoms with Gasteiger partial charge in [0.2, 0.25) is 15.9 Å². The summed E-state index contributed by atoms with van der Waals surface area (Å²) in [6, 6.07) is 6.04. The number of likely N-dealkylation sites (tertiary alicyclic amines) is 1. The molecule has 1 fully saturated rings. The molecule has 1 aromatic carbocycles. The van der Waals surface area contributed by atoms with Gasteiger partial charge in [-0.2, -0.15) is 0 Å². The van der Waals surface area contributed by atoms with Gasteiger partial charge in [0.1, 0.15) is 5.82 Å². The monoisotopic (exact) mass is 328 g/mol. The Morgan fingerprint density at radius 2 is 2.00 bits per heavy atom. The van der Waals surface area contributed by atoms with Gasteiger partial charge in [-0.1, -0.05) is 19.1 Å². The molecule has 1 heterocycles. The van der Waals surface area contributed by atoms with Gasteiger partial charge in [-0.05, 0) is 30.0 Å². The predicted octanol–water partition coefficient (Wildman–Crippen LogP) is 1.50. The number of nitrogens with one attached hydrogen (secondary N) is 1. The SMILES string of the molecule is CCCS(=O)(=O)NCC1CC(=O)N(Cc2ccc(F)cc2)C1. The molecule has 1 unspecified atom stereocenters. The molecule has 122 valence electrons. The first-order valence-corrected chi connectivity index (χ1v) is 9.04. The third kappa shape index (κ3) is 4.78. The Balaban J connectivity index is 1.87. The molecule has 1 aliphatic rings. The van der Waals surface area contributed by atoms with Crippen molar-refractivity contribution in [2.24, 2.45) is 5.92 Å². The number of halogens is 1. The molecule has 2 rings (SSSR count). The first-order chi connectivity index (χ1) is 10.4. The number of carbonyl (C=O) groups is 1. The van der Waals surface area contributed by atoms with E-state index in [-0.39, 0.29) is 29.9 Å². The second-order valence-electron chi connectivity index (χ2n) is 5.64. The van der Waals surface area contributed by atoms with Crippen molar-refractivity contribution in [1.29, 1.82) is 0 Å². The second-order valence-corrected chi connectivity index (χ2v) is 7.56. The van der Waals surface area contributed by atoms with Gasteiger partial charge in [0, 0.05) is 26.1 Å². The molecule has 0 aliphatic carbocycles. The van der Waals surface area contributed by atoms with Gasteiger partial charge in [0.05, 0.1) is 5.75 Å². The average Bonchev–Trinajstić information content (AvgIpc) is 2.80. The van der Waals surface area contributed by atoms with E-state index in [0.717, 1.165) is 5.56 Å². The lowest BCUT2D eigenvalue weighted by Crippen LogP contribution is -2.32. The number of nitrogens with zero attached hydrogens (tertiary/aromatic N) is 1. The zero-order valence-electron chi connectivity index (χ0n) is 12.6. The number of sulfonamides is 1. The highest BCUT2D eigenvalue weighted by Crippen LogP contribution is 2.20. The van der Waals surface area contributed by atoms with Crippen LogP contribution in [0.4, 0.5) is 4.39 Å². The highest BCUT2D eigenvalue weighted by atomic mass is 32.2. The molecule has 1 aromatic rings. The maximum atomic E-state index is 12.9. The Morgan fingerprint density at radius 1 is 1.32 bits per heavy atom. The van der Waals surface area contributed by atoms with Crippen molar-refractivity contribution in [3.8, 4) is 0 Å². The second kappa shape index (κ2) is 7.19. The number of hydrogen-bond donors (Lipinski definition) is 1. The number of amides is 1. The molecule has 1 saturated heterocycles. The van der Waals surface area contributed by atoms with Crippen molar-refractivity contribution >= 4 is 15.9 Å². The standard InChI is InChI=1S/C15H21FN2O3S/c1-2-7-22(20,21)17-9-13-8-15(19)18(11-13)10-12-3-5-14(16)6-4-12/h3-6,13,17H,2,7-11H2,1H3. The van der Waals surface area contributed by atoms with Crippen molar-refractivity contribution in [2.75, 3.05) is 18.8 Å². The summed E-state index contributed by atoms with van der Waals surface area (Å²) in [6.07, 6.45) is 0.908. The maximum absolute atomic E-state index is 12.9. The Labute approximate surface area is 130 Å². The summed E-state index contributed by atoms with van der Waals surface area (Å²) in [5, 5.41) is 0. The minimum absolute atomic E-state index is 0.00372. The normalized spacial score (nSPS) is 18.9. The van der Waals surface area contributed by atoms with E-state index >= 15 is 0 Å². The van der Waals surface area contributed by atoms with E-state index < -0.39 is 10.0 Å². The molecule has 7 heteroatoms. The largest absolute Gasteiger partial charge is 0.338 e. The minimum atomic E-state index is -3.24. The van der Waals surface area contributed by atoms with Crippen molar-refractivity contribution in [1.82, 2.24) is 9.62 Å². The topological polar surface area (TPSA) is 66.5 Å². The highest BCUT2D eigenvalue weighted by Gasteiger charge is 2.30. The minimum Gasteiger partial charge on any atom is -0.338 e. The van der Waals surface area contributed by atoms with Gasteiger partial charge in [0.15, 0.2) is 0 Å². The fourth-order valence-corrected chi connectivity index (χ4v) is 3.71. The van der Waals surface area contributed by atoms with E-state index in [4.69, 9.17) is 0 Å². The zero-order chi connectivity index (χ0) is 16.2. The van der Waals surface area contributed by atoms with Crippen LogP contribution in [0.1, 0.15) is 25.3 Å². The van der Waals surface area contributed by atoms with Gasteiger partial charge >= 0.3 is 0 Å². The van der Waals surface area contributed by atoms with Crippen LogP contribution in [0, 0.1) is 11.7 Å². The van der Waals surface area contributed by atoms with Crippen molar-refractivity contribution in [3.63, 3.8) is 0 Å². The molecule has 1 aliphatic heterocycles. The molecule has 0 bridgehead atoms. The van der Waals surface area contributed by atoms with Crippen LogP contribution in [0.5, 0.6) is 0 Å². The lowest BCUT2D eigenvalue weighted by atomic mass is 10.1. The molecule has 22 heavy (non-hydrogen) atoms. The van der Waals surface area contributed by atoms with Crippen LogP contribution in [-0.2, 0) is 21.4 Å². The first-order valence-electron chi connectivity index (χ1n) is 7.39. The molecule has 0 aromatic heterocycles. The quantitative estimate of drug-likeness (QED) is 0.825. The van der Waals surface area contributed by atoms with Crippen LogP contribution < -0.4 is 4.72 Å². The Hall–Kier alpha value is -1.47. The Morgan fingerprint density at radius 3 is 2.64 bits per heavy atom. The van der Waals surface area contributed by atoms with Crippen molar-refractivity contribution in [2.45, 2.75) is 26.3 Å². The van der Waals surface area contributed by atoms with Crippen molar-refractivity contribution < 1.29 is 17.6 Å². The third-order valence-electron chi connectivity index (χ3n) is 3.65. The van der Waals surface area contributed by atoms with Gasteiger partial charge in [-0.15, -0.1) is 0 Å². The summed E-state index contributed by atoms with van der Waals surface area (Å²) in [7, 11) is -3.24. The molecule has 1 atom stereocenters. The number of rotatable bonds is 7. The van der Waals surface area contributed by atoms with Crippen LogP contribution in [-0.4, -0.2) is 38.1 Å².